The molecule has 0 saturated heterocycles. The molecule has 1 atom stereocenters. The minimum atomic E-state index is -0.406. The summed E-state index contributed by atoms with van der Waals surface area (Å²) in [5.41, 5.74) is 0.843. The number of aliphatic hydroxyl groups is 1. The van der Waals surface area contributed by atoms with E-state index in [4.69, 9.17) is 0 Å². The third kappa shape index (κ3) is 4.78. The van der Waals surface area contributed by atoms with Crippen LogP contribution in [0.15, 0.2) is 5.38 Å². The molecule has 0 aromatic carbocycles. The summed E-state index contributed by atoms with van der Waals surface area (Å²) in [6, 6.07) is 0. The Morgan fingerprint density at radius 1 is 1.48 bits per heavy atom. The fourth-order valence-corrected chi connectivity index (χ4v) is 3.59. The highest BCUT2D eigenvalue weighted by Gasteiger charge is 2.23. The van der Waals surface area contributed by atoms with Gasteiger partial charge in [0.15, 0.2) is 0 Å². The molecule has 21 heavy (non-hydrogen) atoms. The van der Waals surface area contributed by atoms with E-state index >= 15 is 0 Å². The number of rotatable bonds is 5. The molecule has 5 heteroatoms. The summed E-state index contributed by atoms with van der Waals surface area (Å²) >= 11 is 1.60. The van der Waals surface area contributed by atoms with E-state index in [1.165, 1.54) is 12.8 Å². The zero-order valence-electron chi connectivity index (χ0n) is 13.2. The Morgan fingerprint density at radius 3 is 2.71 bits per heavy atom. The predicted molar refractivity (Wildman–Crippen MR) is 85.5 cm³/mol. The molecular formula is C16H26N2O2S. The first kappa shape index (κ1) is 16.4. The average molecular weight is 310 g/mol. The van der Waals surface area contributed by atoms with Crippen molar-refractivity contribution in [2.45, 2.75) is 64.4 Å². The van der Waals surface area contributed by atoms with Crippen molar-refractivity contribution in [3.63, 3.8) is 0 Å². The molecular weight excluding hydrogens is 284 g/mol. The van der Waals surface area contributed by atoms with Crippen LogP contribution in [-0.4, -0.2) is 28.6 Å². The lowest BCUT2D eigenvalue weighted by molar-refractivity contribution is -0.121. The summed E-state index contributed by atoms with van der Waals surface area (Å²) < 4.78 is 0. The molecule has 4 nitrogen and oxygen atoms in total. The number of thiazole rings is 1. The smallest absolute Gasteiger partial charge is 0.226 e. The summed E-state index contributed by atoms with van der Waals surface area (Å²) in [6.45, 7) is 6.72. The number of aliphatic hydroxyl groups excluding tert-OH is 1. The first-order chi connectivity index (χ1) is 9.86. The topological polar surface area (TPSA) is 62.2 Å². The molecule has 1 fully saturated rings. The van der Waals surface area contributed by atoms with Crippen LogP contribution < -0.4 is 5.32 Å². The Morgan fingerprint density at radius 2 is 2.14 bits per heavy atom. The van der Waals surface area contributed by atoms with Crippen LogP contribution in [0.3, 0.4) is 0 Å². The van der Waals surface area contributed by atoms with Crippen molar-refractivity contribution in [2.75, 3.05) is 6.54 Å². The second-order valence-corrected chi connectivity index (χ2v) is 7.84. The number of hydrogen-bond acceptors (Lipinski definition) is 4. The molecule has 1 aromatic heterocycles. The van der Waals surface area contributed by atoms with Crippen LogP contribution in [0.25, 0.3) is 0 Å². The molecule has 118 valence electrons. The molecule has 2 N–H and O–H groups in total. The van der Waals surface area contributed by atoms with E-state index in [1.54, 1.807) is 11.3 Å². The number of amides is 1. The van der Waals surface area contributed by atoms with Gasteiger partial charge in [-0.1, -0.05) is 33.6 Å². The fraction of sp³-hybridized carbons (Fsp3) is 0.750. The summed E-state index contributed by atoms with van der Waals surface area (Å²) in [4.78, 5) is 16.5. The van der Waals surface area contributed by atoms with Gasteiger partial charge in [0, 0.05) is 17.3 Å². The Hall–Kier alpha value is -0.940. The first-order valence-corrected chi connectivity index (χ1v) is 8.64. The molecule has 1 heterocycles. The quantitative estimate of drug-likeness (QED) is 0.879. The molecule has 0 bridgehead atoms. The van der Waals surface area contributed by atoms with Gasteiger partial charge in [-0.05, 0) is 18.8 Å². The minimum absolute atomic E-state index is 0.0259. The lowest BCUT2D eigenvalue weighted by atomic mass is 9.98. The van der Waals surface area contributed by atoms with Gasteiger partial charge in [-0.15, -0.1) is 11.3 Å². The van der Waals surface area contributed by atoms with Gasteiger partial charge in [0.25, 0.3) is 0 Å². The highest BCUT2D eigenvalue weighted by molar-refractivity contribution is 7.09. The fourth-order valence-electron chi connectivity index (χ4n) is 2.69. The average Bonchev–Trinajstić information content (AvgIpc) is 3.05. The maximum atomic E-state index is 11.9. The summed E-state index contributed by atoms with van der Waals surface area (Å²) in [7, 11) is 0. The van der Waals surface area contributed by atoms with Crippen molar-refractivity contribution >= 4 is 17.2 Å². The van der Waals surface area contributed by atoms with Crippen LogP contribution in [0.1, 0.15) is 57.2 Å². The van der Waals surface area contributed by atoms with E-state index in [0.29, 0.717) is 18.9 Å². The van der Waals surface area contributed by atoms with E-state index < -0.39 is 6.10 Å². The van der Waals surface area contributed by atoms with Crippen molar-refractivity contribution in [3.8, 4) is 0 Å². The zero-order chi connectivity index (χ0) is 15.5. The van der Waals surface area contributed by atoms with Crippen molar-refractivity contribution in [2.24, 2.45) is 5.92 Å². The maximum absolute atomic E-state index is 11.9. The van der Waals surface area contributed by atoms with E-state index in [9.17, 15) is 9.90 Å². The molecule has 1 aliphatic carbocycles. The van der Waals surface area contributed by atoms with E-state index in [2.05, 4.69) is 31.1 Å². The number of nitrogens with zero attached hydrogens (tertiary/aromatic N) is 1. The van der Waals surface area contributed by atoms with Gasteiger partial charge < -0.3 is 10.4 Å². The monoisotopic (exact) mass is 310 g/mol. The second kappa shape index (κ2) is 6.88. The van der Waals surface area contributed by atoms with Crippen molar-refractivity contribution < 1.29 is 9.90 Å². The summed E-state index contributed by atoms with van der Waals surface area (Å²) in [5.74, 6) is 0.301. The van der Waals surface area contributed by atoms with E-state index in [-0.39, 0.29) is 11.3 Å². The van der Waals surface area contributed by atoms with Gasteiger partial charge >= 0.3 is 0 Å². The van der Waals surface area contributed by atoms with Crippen LogP contribution in [0.2, 0.25) is 0 Å². The normalized spacial score (nSPS) is 17.9. The Labute approximate surface area is 131 Å². The molecule has 0 spiro atoms. The SMILES string of the molecule is CC(C)(C)c1nc(CC(=O)NCC(O)C2CCCC2)cs1. The van der Waals surface area contributed by atoms with Gasteiger partial charge in [0.1, 0.15) is 0 Å². The predicted octanol–water partition coefficient (Wildman–Crippen LogP) is 2.65. The Bertz CT molecular complexity index is 473. The standard InChI is InChI=1S/C16H26N2O2S/c1-16(2,3)15-18-12(10-21-15)8-14(20)17-9-13(19)11-6-4-5-7-11/h10-11,13,19H,4-9H2,1-3H3,(H,17,20). The maximum Gasteiger partial charge on any atom is 0.226 e. The third-order valence-electron chi connectivity index (χ3n) is 3.99. The minimum Gasteiger partial charge on any atom is -0.391 e. The molecule has 0 radical (unpaired) electrons. The molecule has 0 aliphatic heterocycles. The highest BCUT2D eigenvalue weighted by Crippen LogP contribution is 2.27. The molecule has 1 unspecified atom stereocenters. The number of nitrogens with one attached hydrogen (secondary N) is 1. The van der Waals surface area contributed by atoms with Gasteiger partial charge in [-0.3, -0.25) is 4.79 Å². The summed E-state index contributed by atoms with van der Waals surface area (Å²) in [5, 5.41) is 15.9. The molecule has 1 aliphatic rings. The lowest BCUT2D eigenvalue weighted by Gasteiger charge is -2.17. The van der Waals surface area contributed by atoms with Crippen LogP contribution in [0.4, 0.5) is 0 Å². The van der Waals surface area contributed by atoms with Crippen molar-refractivity contribution in [1.29, 1.82) is 0 Å². The Kier molecular flexibility index (Phi) is 5.38. The third-order valence-corrected chi connectivity index (χ3v) is 5.30. The van der Waals surface area contributed by atoms with Crippen molar-refractivity contribution in [3.05, 3.63) is 16.1 Å². The van der Waals surface area contributed by atoms with E-state index in [0.717, 1.165) is 23.5 Å². The molecule has 1 aromatic rings. The van der Waals surface area contributed by atoms with Crippen LogP contribution in [0, 0.1) is 5.92 Å². The van der Waals surface area contributed by atoms with Gasteiger partial charge in [-0.25, -0.2) is 4.98 Å². The van der Waals surface area contributed by atoms with Crippen LogP contribution >= 0.6 is 11.3 Å². The van der Waals surface area contributed by atoms with Gasteiger partial charge in [-0.2, -0.15) is 0 Å². The number of aromatic nitrogens is 1. The van der Waals surface area contributed by atoms with Gasteiger partial charge in [0.2, 0.25) is 5.91 Å². The lowest BCUT2D eigenvalue weighted by Crippen LogP contribution is -2.36. The van der Waals surface area contributed by atoms with E-state index in [1.807, 2.05) is 5.38 Å². The van der Waals surface area contributed by atoms with Crippen LogP contribution in [0.5, 0.6) is 0 Å². The highest BCUT2D eigenvalue weighted by atomic mass is 32.1. The van der Waals surface area contributed by atoms with Crippen molar-refractivity contribution in [1.82, 2.24) is 10.3 Å². The molecule has 1 saturated carbocycles. The van der Waals surface area contributed by atoms with Gasteiger partial charge in [0.05, 0.1) is 23.2 Å². The van der Waals surface area contributed by atoms with Crippen LogP contribution in [-0.2, 0) is 16.6 Å². The molecule has 1 amide bonds. The first-order valence-electron chi connectivity index (χ1n) is 7.76. The summed E-state index contributed by atoms with van der Waals surface area (Å²) in [6.07, 6.45) is 4.45. The largest absolute Gasteiger partial charge is 0.391 e. The zero-order valence-corrected chi connectivity index (χ0v) is 14.0. The number of carbonyl (C=O) groups excluding carboxylic acids is 1. The number of carbonyl (C=O) groups is 1. The molecule has 2 rings (SSSR count). The number of hydrogen-bond donors (Lipinski definition) is 2. The second-order valence-electron chi connectivity index (χ2n) is 6.99. The Balaban J connectivity index is 1.77.